The van der Waals surface area contributed by atoms with Crippen molar-refractivity contribution in [3.63, 3.8) is 0 Å². The molecule has 13 heavy (non-hydrogen) atoms. The molecule has 0 radical (unpaired) electrons. The van der Waals surface area contributed by atoms with E-state index in [4.69, 9.17) is 6.42 Å². The molecule has 0 amide bonds. The second-order valence-electron chi connectivity index (χ2n) is 4.47. The van der Waals surface area contributed by atoms with E-state index in [9.17, 15) is 5.11 Å². The van der Waals surface area contributed by atoms with Crippen LogP contribution in [0.4, 0.5) is 0 Å². The summed E-state index contributed by atoms with van der Waals surface area (Å²) in [5, 5.41) is 9.80. The Morgan fingerprint density at radius 1 is 1.08 bits per heavy atom. The molecule has 2 aliphatic carbocycles. The van der Waals surface area contributed by atoms with Gasteiger partial charge in [0.25, 0.3) is 0 Å². The lowest BCUT2D eigenvalue weighted by Gasteiger charge is -2.34. The molecule has 70 valence electrons. The molecule has 1 atom stereocenters. The van der Waals surface area contributed by atoms with E-state index in [2.05, 4.69) is 12.0 Å². The Morgan fingerprint density at radius 3 is 2.23 bits per heavy atom. The minimum absolute atomic E-state index is 0.392. The summed E-state index contributed by atoms with van der Waals surface area (Å²) in [6.07, 6.45) is 16.3. The number of hydrogen-bond donors (Lipinski definition) is 1. The van der Waals surface area contributed by atoms with Gasteiger partial charge in [-0.2, -0.15) is 0 Å². The molecule has 1 fully saturated rings. The van der Waals surface area contributed by atoms with E-state index in [0.717, 1.165) is 12.8 Å². The lowest BCUT2D eigenvalue weighted by Crippen LogP contribution is -2.31. The van der Waals surface area contributed by atoms with Gasteiger partial charge < -0.3 is 5.11 Å². The van der Waals surface area contributed by atoms with Crippen molar-refractivity contribution in [2.45, 2.75) is 44.1 Å². The summed E-state index contributed by atoms with van der Waals surface area (Å²) >= 11 is 0. The van der Waals surface area contributed by atoms with Crippen molar-refractivity contribution in [3.8, 4) is 12.3 Å². The van der Waals surface area contributed by atoms with Crippen molar-refractivity contribution in [3.05, 3.63) is 12.2 Å². The van der Waals surface area contributed by atoms with Crippen LogP contribution in [-0.2, 0) is 0 Å². The van der Waals surface area contributed by atoms with Crippen molar-refractivity contribution in [2.24, 2.45) is 5.41 Å². The van der Waals surface area contributed by atoms with Gasteiger partial charge in [0.1, 0.15) is 5.60 Å². The van der Waals surface area contributed by atoms with Crippen molar-refractivity contribution in [2.75, 3.05) is 0 Å². The smallest absolute Gasteiger partial charge is 0.143 e. The van der Waals surface area contributed by atoms with Crippen LogP contribution in [-0.4, -0.2) is 10.7 Å². The Morgan fingerprint density at radius 2 is 1.77 bits per heavy atom. The Labute approximate surface area is 79.8 Å². The van der Waals surface area contributed by atoms with E-state index >= 15 is 0 Å². The molecule has 0 aromatic heterocycles. The fourth-order valence-electron chi connectivity index (χ4n) is 2.54. The van der Waals surface area contributed by atoms with Crippen molar-refractivity contribution in [1.82, 2.24) is 0 Å². The lowest BCUT2D eigenvalue weighted by atomic mass is 9.73. The average molecular weight is 176 g/mol. The van der Waals surface area contributed by atoms with Gasteiger partial charge in [0.15, 0.2) is 0 Å². The zero-order valence-corrected chi connectivity index (χ0v) is 7.92. The molecule has 1 N–H and O–H groups in total. The molecule has 0 aromatic carbocycles. The molecule has 0 saturated heterocycles. The number of terminal acetylenes is 1. The van der Waals surface area contributed by atoms with E-state index in [1.165, 1.54) is 25.7 Å². The number of rotatable bonds is 0. The fraction of sp³-hybridized carbons (Fsp3) is 0.667. The van der Waals surface area contributed by atoms with E-state index in [0.29, 0.717) is 5.41 Å². The number of allylic oxidation sites excluding steroid dienone is 1. The summed E-state index contributed by atoms with van der Waals surface area (Å²) in [4.78, 5) is 0. The van der Waals surface area contributed by atoms with Gasteiger partial charge in [-0.05, 0) is 37.2 Å². The Balaban J connectivity index is 2.16. The molecule has 0 bridgehead atoms. The first-order valence-corrected chi connectivity index (χ1v) is 5.09. The zero-order valence-electron chi connectivity index (χ0n) is 7.92. The maximum absolute atomic E-state index is 9.80. The molecule has 1 nitrogen and oxygen atoms in total. The third kappa shape index (κ3) is 1.51. The molecular weight excluding hydrogens is 160 g/mol. The monoisotopic (exact) mass is 176 g/mol. The molecule has 2 aliphatic rings. The minimum Gasteiger partial charge on any atom is -0.374 e. The van der Waals surface area contributed by atoms with Gasteiger partial charge in [-0.1, -0.05) is 24.8 Å². The predicted octanol–water partition coefficient (Wildman–Crippen LogP) is 2.26. The SMILES string of the molecule is C#CC1(O)C=CC2(CCCC2)CC1. The third-order valence-electron chi connectivity index (χ3n) is 3.57. The van der Waals surface area contributed by atoms with Crippen LogP contribution in [0.2, 0.25) is 0 Å². The highest BCUT2D eigenvalue weighted by molar-refractivity contribution is 5.24. The second-order valence-corrected chi connectivity index (χ2v) is 4.47. The molecule has 0 aliphatic heterocycles. The largest absolute Gasteiger partial charge is 0.374 e. The average Bonchev–Trinajstić information content (AvgIpc) is 2.61. The first-order chi connectivity index (χ1) is 6.18. The molecule has 1 spiro atoms. The van der Waals surface area contributed by atoms with Crippen molar-refractivity contribution >= 4 is 0 Å². The van der Waals surface area contributed by atoms with Gasteiger partial charge in [-0.15, -0.1) is 6.42 Å². The summed E-state index contributed by atoms with van der Waals surface area (Å²) in [6.45, 7) is 0. The molecule has 2 rings (SSSR count). The van der Waals surface area contributed by atoms with Crippen LogP contribution < -0.4 is 0 Å². The van der Waals surface area contributed by atoms with Crippen molar-refractivity contribution < 1.29 is 5.11 Å². The van der Waals surface area contributed by atoms with E-state index in [1.54, 1.807) is 0 Å². The van der Waals surface area contributed by atoms with Gasteiger partial charge in [-0.25, -0.2) is 0 Å². The Bertz CT molecular complexity index is 265. The summed E-state index contributed by atoms with van der Waals surface area (Å²) in [5.74, 6) is 2.46. The fourth-order valence-corrected chi connectivity index (χ4v) is 2.54. The van der Waals surface area contributed by atoms with Crippen LogP contribution in [0.1, 0.15) is 38.5 Å². The Kier molecular flexibility index (Phi) is 1.96. The van der Waals surface area contributed by atoms with E-state index < -0.39 is 5.60 Å². The van der Waals surface area contributed by atoms with Gasteiger partial charge in [0.2, 0.25) is 0 Å². The highest BCUT2D eigenvalue weighted by Crippen LogP contribution is 2.47. The quantitative estimate of drug-likeness (QED) is 0.443. The lowest BCUT2D eigenvalue weighted by molar-refractivity contribution is 0.111. The van der Waals surface area contributed by atoms with Crippen LogP contribution in [0.3, 0.4) is 0 Å². The van der Waals surface area contributed by atoms with Gasteiger partial charge in [0.05, 0.1) is 0 Å². The standard InChI is InChI=1S/C12H16O/c1-2-12(13)9-7-11(8-10-12)5-3-4-6-11/h1,7,9,13H,3-6,8,10H2. The maximum Gasteiger partial charge on any atom is 0.143 e. The molecular formula is C12H16O. The number of aliphatic hydroxyl groups is 1. The molecule has 0 aromatic rings. The molecule has 1 saturated carbocycles. The normalized spacial score (nSPS) is 36.3. The molecule has 1 heteroatoms. The highest BCUT2D eigenvalue weighted by atomic mass is 16.3. The van der Waals surface area contributed by atoms with Crippen LogP contribution >= 0.6 is 0 Å². The summed E-state index contributed by atoms with van der Waals surface area (Å²) < 4.78 is 0. The summed E-state index contributed by atoms with van der Waals surface area (Å²) in [7, 11) is 0. The van der Waals surface area contributed by atoms with E-state index in [-0.39, 0.29) is 0 Å². The summed E-state index contributed by atoms with van der Waals surface area (Å²) in [6, 6.07) is 0. The van der Waals surface area contributed by atoms with Crippen LogP contribution in [0, 0.1) is 17.8 Å². The zero-order chi connectivity index (χ0) is 9.36. The second kappa shape index (κ2) is 2.89. The first-order valence-electron chi connectivity index (χ1n) is 5.09. The Hall–Kier alpha value is -0.740. The van der Waals surface area contributed by atoms with Crippen LogP contribution in [0.25, 0.3) is 0 Å². The maximum atomic E-state index is 9.80. The summed E-state index contributed by atoms with van der Waals surface area (Å²) in [5.41, 5.74) is -0.559. The number of hydrogen-bond acceptors (Lipinski definition) is 1. The molecule has 0 heterocycles. The van der Waals surface area contributed by atoms with Gasteiger partial charge >= 0.3 is 0 Å². The predicted molar refractivity (Wildman–Crippen MR) is 53.1 cm³/mol. The van der Waals surface area contributed by atoms with Crippen LogP contribution in [0.15, 0.2) is 12.2 Å². The molecule has 1 unspecified atom stereocenters. The van der Waals surface area contributed by atoms with Gasteiger partial charge in [-0.3, -0.25) is 0 Å². The highest BCUT2D eigenvalue weighted by Gasteiger charge is 2.37. The first kappa shape index (κ1) is 8.84. The topological polar surface area (TPSA) is 20.2 Å². The van der Waals surface area contributed by atoms with Crippen molar-refractivity contribution in [1.29, 1.82) is 0 Å². The third-order valence-corrected chi connectivity index (χ3v) is 3.57. The van der Waals surface area contributed by atoms with Gasteiger partial charge in [0, 0.05) is 0 Å². The van der Waals surface area contributed by atoms with Crippen LogP contribution in [0.5, 0.6) is 0 Å². The minimum atomic E-state index is -0.951. The van der Waals surface area contributed by atoms with E-state index in [1.807, 2.05) is 6.08 Å².